The maximum Gasteiger partial charge on any atom is 0.256 e. The lowest BCUT2D eigenvalue weighted by molar-refractivity contribution is 0.0733. The average molecular weight is 290 g/mol. The molecule has 0 atom stereocenters. The van der Waals surface area contributed by atoms with E-state index >= 15 is 0 Å². The molecular formula is C17H14N4O. The predicted molar refractivity (Wildman–Crippen MR) is 81.4 cm³/mol. The lowest BCUT2D eigenvalue weighted by Crippen LogP contribution is -2.29. The number of para-hydroxylation sites is 1. The third kappa shape index (κ3) is 2.07. The standard InChI is InChI=1S/C17H14N4O/c22-17-15-8-4-5-9-16(15)21-14(10-18-19-21)12-20(17)11-13-6-2-1-3-7-13/h1-10H,11-12H2. The fraction of sp³-hybridized carbons (Fsp3) is 0.118. The second-order valence-corrected chi connectivity index (χ2v) is 5.30. The van der Waals surface area contributed by atoms with Gasteiger partial charge in [-0.25, -0.2) is 4.68 Å². The van der Waals surface area contributed by atoms with Gasteiger partial charge in [-0.3, -0.25) is 4.79 Å². The van der Waals surface area contributed by atoms with Crippen LogP contribution in [0.25, 0.3) is 5.69 Å². The molecule has 5 nitrogen and oxygen atoms in total. The van der Waals surface area contributed by atoms with E-state index < -0.39 is 0 Å². The van der Waals surface area contributed by atoms with Crippen LogP contribution in [0, 0.1) is 0 Å². The van der Waals surface area contributed by atoms with Crippen molar-refractivity contribution in [3.63, 3.8) is 0 Å². The fourth-order valence-corrected chi connectivity index (χ4v) is 2.78. The number of hydrogen-bond acceptors (Lipinski definition) is 3. The summed E-state index contributed by atoms with van der Waals surface area (Å²) in [5, 5.41) is 8.11. The molecule has 0 N–H and O–H groups in total. The van der Waals surface area contributed by atoms with Crippen molar-refractivity contribution in [2.45, 2.75) is 13.1 Å². The molecular weight excluding hydrogens is 276 g/mol. The maximum absolute atomic E-state index is 12.9. The Kier molecular flexibility index (Phi) is 2.96. The van der Waals surface area contributed by atoms with Crippen molar-refractivity contribution in [2.75, 3.05) is 0 Å². The summed E-state index contributed by atoms with van der Waals surface area (Å²) in [7, 11) is 0. The zero-order valence-electron chi connectivity index (χ0n) is 11.9. The molecule has 0 saturated carbocycles. The van der Waals surface area contributed by atoms with Crippen LogP contribution in [0.15, 0.2) is 60.8 Å². The summed E-state index contributed by atoms with van der Waals surface area (Å²) < 4.78 is 1.75. The van der Waals surface area contributed by atoms with Gasteiger partial charge in [0.05, 0.1) is 29.7 Å². The molecule has 1 aromatic heterocycles. The van der Waals surface area contributed by atoms with E-state index in [0.29, 0.717) is 18.7 Å². The highest BCUT2D eigenvalue weighted by molar-refractivity contribution is 5.98. The highest BCUT2D eigenvalue weighted by Gasteiger charge is 2.26. The number of hydrogen-bond donors (Lipinski definition) is 0. The molecule has 0 spiro atoms. The van der Waals surface area contributed by atoms with E-state index in [0.717, 1.165) is 16.9 Å². The van der Waals surface area contributed by atoms with E-state index in [1.54, 1.807) is 10.9 Å². The average Bonchev–Trinajstić information content (AvgIpc) is 2.99. The molecule has 0 unspecified atom stereocenters. The fourth-order valence-electron chi connectivity index (χ4n) is 2.78. The van der Waals surface area contributed by atoms with Gasteiger partial charge in [0.25, 0.3) is 5.91 Å². The van der Waals surface area contributed by atoms with Crippen molar-refractivity contribution in [1.29, 1.82) is 0 Å². The topological polar surface area (TPSA) is 51.0 Å². The Balaban J connectivity index is 1.79. The summed E-state index contributed by atoms with van der Waals surface area (Å²) in [6.45, 7) is 1.06. The van der Waals surface area contributed by atoms with Gasteiger partial charge >= 0.3 is 0 Å². The lowest BCUT2D eigenvalue weighted by atomic mass is 10.1. The van der Waals surface area contributed by atoms with E-state index in [4.69, 9.17) is 0 Å². The Morgan fingerprint density at radius 1 is 1.00 bits per heavy atom. The summed E-state index contributed by atoms with van der Waals surface area (Å²) in [5.74, 6) is 0.0185. The third-order valence-electron chi connectivity index (χ3n) is 3.84. The van der Waals surface area contributed by atoms with Crippen LogP contribution in [-0.2, 0) is 13.1 Å². The first kappa shape index (κ1) is 12.8. The van der Waals surface area contributed by atoms with Crippen LogP contribution in [0.4, 0.5) is 0 Å². The van der Waals surface area contributed by atoms with Crippen LogP contribution in [0.3, 0.4) is 0 Å². The van der Waals surface area contributed by atoms with Gasteiger partial charge in [-0.1, -0.05) is 47.7 Å². The molecule has 2 aromatic carbocycles. The predicted octanol–water partition coefficient (Wildman–Crippen LogP) is 2.42. The van der Waals surface area contributed by atoms with Crippen molar-refractivity contribution in [1.82, 2.24) is 19.9 Å². The summed E-state index contributed by atoms with van der Waals surface area (Å²) in [5.41, 5.74) is 3.46. The number of fused-ring (bicyclic) bond motifs is 3. The minimum Gasteiger partial charge on any atom is -0.328 e. The van der Waals surface area contributed by atoms with Crippen molar-refractivity contribution in [3.8, 4) is 5.69 Å². The monoisotopic (exact) mass is 290 g/mol. The van der Waals surface area contributed by atoms with Crippen LogP contribution >= 0.6 is 0 Å². The molecule has 0 bridgehead atoms. The molecule has 0 fully saturated rings. The van der Waals surface area contributed by atoms with Gasteiger partial charge in [0.2, 0.25) is 0 Å². The molecule has 1 aliphatic heterocycles. The summed E-state index contributed by atoms with van der Waals surface area (Å²) in [4.78, 5) is 14.7. The van der Waals surface area contributed by atoms with Crippen molar-refractivity contribution in [3.05, 3.63) is 77.6 Å². The van der Waals surface area contributed by atoms with Crippen LogP contribution in [-0.4, -0.2) is 25.8 Å². The summed E-state index contributed by atoms with van der Waals surface area (Å²) >= 11 is 0. The molecule has 3 aromatic rings. The van der Waals surface area contributed by atoms with E-state index in [2.05, 4.69) is 10.3 Å². The van der Waals surface area contributed by atoms with Gasteiger partial charge in [-0.2, -0.15) is 0 Å². The van der Waals surface area contributed by atoms with Crippen molar-refractivity contribution < 1.29 is 4.79 Å². The molecule has 4 rings (SSSR count). The summed E-state index contributed by atoms with van der Waals surface area (Å²) in [6.07, 6.45) is 1.72. The molecule has 1 amide bonds. The number of carbonyl (C=O) groups is 1. The van der Waals surface area contributed by atoms with E-state index in [1.165, 1.54) is 0 Å². The first-order valence-corrected chi connectivity index (χ1v) is 7.15. The van der Waals surface area contributed by atoms with E-state index in [1.807, 2.05) is 59.5 Å². The minimum atomic E-state index is 0.0185. The number of aromatic nitrogens is 3. The molecule has 2 heterocycles. The summed E-state index contributed by atoms with van der Waals surface area (Å²) in [6, 6.07) is 17.5. The second-order valence-electron chi connectivity index (χ2n) is 5.30. The number of nitrogens with zero attached hydrogens (tertiary/aromatic N) is 4. The zero-order valence-corrected chi connectivity index (χ0v) is 11.9. The highest BCUT2D eigenvalue weighted by atomic mass is 16.2. The molecule has 22 heavy (non-hydrogen) atoms. The largest absolute Gasteiger partial charge is 0.328 e. The van der Waals surface area contributed by atoms with E-state index in [9.17, 15) is 4.79 Å². The van der Waals surface area contributed by atoms with Crippen molar-refractivity contribution >= 4 is 5.91 Å². The number of rotatable bonds is 2. The maximum atomic E-state index is 12.9. The quantitative estimate of drug-likeness (QED) is 0.728. The SMILES string of the molecule is O=C1c2ccccc2-n2nncc2CN1Cc1ccccc1. The van der Waals surface area contributed by atoms with Crippen molar-refractivity contribution in [2.24, 2.45) is 0 Å². The smallest absolute Gasteiger partial charge is 0.256 e. The molecule has 1 aliphatic rings. The van der Waals surface area contributed by atoms with Gasteiger partial charge in [0.1, 0.15) is 0 Å². The Bertz CT molecular complexity index is 825. The molecule has 0 radical (unpaired) electrons. The molecule has 108 valence electrons. The molecule has 5 heteroatoms. The minimum absolute atomic E-state index is 0.0185. The van der Waals surface area contributed by atoms with Gasteiger partial charge in [0, 0.05) is 6.54 Å². The van der Waals surface area contributed by atoms with E-state index in [-0.39, 0.29) is 5.91 Å². The lowest BCUT2D eigenvalue weighted by Gasteiger charge is -2.20. The second kappa shape index (κ2) is 5.11. The van der Waals surface area contributed by atoms with Crippen LogP contribution < -0.4 is 0 Å². The normalized spacial score (nSPS) is 13.5. The third-order valence-corrected chi connectivity index (χ3v) is 3.84. The zero-order chi connectivity index (χ0) is 14.9. The Morgan fingerprint density at radius 3 is 2.64 bits per heavy atom. The molecule has 0 aliphatic carbocycles. The number of amides is 1. The van der Waals surface area contributed by atoms with Gasteiger partial charge in [0.15, 0.2) is 0 Å². The number of carbonyl (C=O) groups excluding carboxylic acids is 1. The van der Waals surface area contributed by atoms with Gasteiger partial charge in [-0.15, -0.1) is 5.10 Å². The highest BCUT2D eigenvalue weighted by Crippen LogP contribution is 2.24. The van der Waals surface area contributed by atoms with Crippen LogP contribution in [0.5, 0.6) is 0 Å². The van der Waals surface area contributed by atoms with Gasteiger partial charge < -0.3 is 4.90 Å². The Hall–Kier alpha value is -2.95. The first-order chi connectivity index (χ1) is 10.8. The Labute approximate surface area is 127 Å². The van der Waals surface area contributed by atoms with Gasteiger partial charge in [-0.05, 0) is 17.7 Å². The number of benzene rings is 2. The van der Waals surface area contributed by atoms with Crippen LogP contribution in [0.1, 0.15) is 21.6 Å². The first-order valence-electron chi connectivity index (χ1n) is 7.15. The molecule has 0 saturated heterocycles. The van der Waals surface area contributed by atoms with Crippen LogP contribution in [0.2, 0.25) is 0 Å². The Morgan fingerprint density at radius 2 is 1.77 bits per heavy atom.